The van der Waals surface area contributed by atoms with Crippen LogP contribution in [-0.2, 0) is 10.8 Å². The van der Waals surface area contributed by atoms with E-state index < -0.39 is 22.4 Å². The molecule has 1 atom stereocenters. The van der Waals surface area contributed by atoms with E-state index in [4.69, 9.17) is 0 Å². The van der Waals surface area contributed by atoms with Crippen molar-refractivity contribution in [2.24, 2.45) is 0 Å². The Hall–Kier alpha value is -2.22. The minimum Gasteiger partial charge on any atom is -0.321 e. The van der Waals surface area contributed by atoms with Gasteiger partial charge in [-0.1, -0.05) is 0 Å². The summed E-state index contributed by atoms with van der Waals surface area (Å²) in [5.41, 5.74) is 1.58. The average molecular weight is 334 g/mol. The zero-order chi connectivity index (χ0) is 16.1. The van der Waals surface area contributed by atoms with Crippen LogP contribution in [0.1, 0.15) is 18.9 Å². The second kappa shape index (κ2) is 5.16. The first kappa shape index (κ1) is 14.4. The molecule has 2 heterocycles. The lowest BCUT2D eigenvalue weighted by Gasteiger charge is -2.08. The SMILES string of the molecule is CS(=O)c1cc(-c2nc3cc(F)c(F)cc3n2C2CC2)cnn1. The van der Waals surface area contributed by atoms with Crippen LogP contribution < -0.4 is 0 Å². The molecule has 1 aliphatic carbocycles. The molecular formula is C15H12F2N4OS. The van der Waals surface area contributed by atoms with Gasteiger partial charge in [0.05, 0.1) is 28.0 Å². The van der Waals surface area contributed by atoms with E-state index in [0.717, 1.165) is 18.9 Å². The molecule has 1 unspecified atom stereocenters. The maximum Gasteiger partial charge on any atom is 0.161 e. The van der Waals surface area contributed by atoms with E-state index in [1.165, 1.54) is 18.5 Å². The molecule has 0 radical (unpaired) electrons. The van der Waals surface area contributed by atoms with Gasteiger partial charge in [-0.2, -0.15) is 5.10 Å². The van der Waals surface area contributed by atoms with Gasteiger partial charge in [-0.15, -0.1) is 5.10 Å². The summed E-state index contributed by atoms with van der Waals surface area (Å²) in [6.45, 7) is 0. The van der Waals surface area contributed by atoms with E-state index >= 15 is 0 Å². The number of rotatable bonds is 3. The van der Waals surface area contributed by atoms with E-state index in [-0.39, 0.29) is 6.04 Å². The highest BCUT2D eigenvalue weighted by atomic mass is 32.2. The van der Waals surface area contributed by atoms with Crippen LogP contribution in [-0.4, -0.2) is 30.2 Å². The Kier molecular flexibility index (Phi) is 3.22. The molecule has 0 aliphatic heterocycles. The van der Waals surface area contributed by atoms with Crippen molar-refractivity contribution in [3.8, 4) is 11.4 Å². The van der Waals surface area contributed by atoms with Crippen LogP contribution >= 0.6 is 0 Å². The van der Waals surface area contributed by atoms with Crippen molar-refractivity contribution < 1.29 is 13.0 Å². The fourth-order valence-corrected chi connectivity index (χ4v) is 3.06. The fraction of sp³-hybridized carbons (Fsp3) is 0.267. The van der Waals surface area contributed by atoms with E-state index in [1.807, 2.05) is 4.57 Å². The third kappa shape index (κ3) is 2.42. The van der Waals surface area contributed by atoms with E-state index in [1.54, 1.807) is 6.07 Å². The Morgan fingerprint density at radius 1 is 1.22 bits per heavy atom. The van der Waals surface area contributed by atoms with Gasteiger partial charge in [-0.25, -0.2) is 13.8 Å². The van der Waals surface area contributed by atoms with Gasteiger partial charge in [0.1, 0.15) is 10.9 Å². The normalized spacial score (nSPS) is 16.0. The summed E-state index contributed by atoms with van der Waals surface area (Å²) >= 11 is 0. The molecule has 4 rings (SSSR count). The summed E-state index contributed by atoms with van der Waals surface area (Å²) in [7, 11) is -1.27. The van der Waals surface area contributed by atoms with Crippen LogP contribution in [0.2, 0.25) is 0 Å². The highest BCUT2D eigenvalue weighted by Crippen LogP contribution is 2.41. The second-order valence-electron chi connectivity index (χ2n) is 5.53. The molecule has 0 N–H and O–H groups in total. The quantitative estimate of drug-likeness (QED) is 0.739. The maximum atomic E-state index is 13.6. The van der Waals surface area contributed by atoms with Gasteiger partial charge in [0.25, 0.3) is 0 Å². The third-order valence-corrected chi connectivity index (χ3v) is 4.62. The number of nitrogens with zero attached hydrogens (tertiary/aromatic N) is 4. The molecule has 2 aromatic heterocycles. The lowest BCUT2D eigenvalue weighted by atomic mass is 10.3. The van der Waals surface area contributed by atoms with Gasteiger partial charge in [-0.05, 0) is 18.9 Å². The van der Waals surface area contributed by atoms with Gasteiger partial charge >= 0.3 is 0 Å². The van der Waals surface area contributed by atoms with E-state index in [0.29, 0.717) is 27.4 Å². The molecular weight excluding hydrogens is 322 g/mol. The van der Waals surface area contributed by atoms with Crippen molar-refractivity contribution in [1.82, 2.24) is 19.7 Å². The zero-order valence-corrected chi connectivity index (χ0v) is 13.0. The number of hydrogen-bond donors (Lipinski definition) is 0. The molecule has 1 aliphatic rings. The Bertz CT molecular complexity index is 952. The highest BCUT2D eigenvalue weighted by Gasteiger charge is 2.29. The first-order valence-electron chi connectivity index (χ1n) is 7.08. The smallest absolute Gasteiger partial charge is 0.161 e. The topological polar surface area (TPSA) is 60.7 Å². The van der Waals surface area contributed by atoms with Gasteiger partial charge in [0.15, 0.2) is 11.6 Å². The Morgan fingerprint density at radius 3 is 2.65 bits per heavy atom. The molecule has 0 saturated heterocycles. The zero-order valence-electron chi connectivity index (χ0n) is 12.2. The molecule has 1 aromatic carbocycles. The first-order valence-corrected chi connectivity index (χ1v) is 8.64. The van der Waals surface area contributed by atoms with Gasteiger partial charge < -0.3 is 4.57 Å². The fourth-order valence-electron chi connectivity index (χ4n) is 2.61. The summed E-state index contributed by atoms with van der Waals surface area (Å²) in [6.07, 6.45) is 4.96. The van der Waals surface area contributed by atoms with Crippen LogP contribution in [0.4, 0.5) is 8.78 Å². The number of fused-ring (bicyclic) bond motifs is 1. The maximum absolute atomic E-state index is 13.6. The van der Waals surface area contributed by atoms with Gasteiger partial charge in [-0.3, -0.25) is 4.21 Å². The molecule has 3 aromatic rings. The van der Waals surface area contributed by atoms with Crippen molar-refractivity contribution >= 4 is 21.8 Å². The van der Waals surface area contributed by atoms with Crippen LogP contribution in [0, 0.1) is 11.6 Å². The van der Waals surface area contributed by atoms with Crippen molar-refractivity contribution in [1.29, 1.82) is 0 Å². The third-order valence-electron chi connectivity index (χ3n) is 3.83. The number of imidazole rings is 1. The Balaban J connectivity index is 1.98. The van der Waals surface area contributed by atoms with Crippen LogP contribution in [0.3, 0.4) is 0 Å². The molecule has 0 amide bonds. The molecule has 1 saturated carbocycles. The van der Waals surface area contributed by atoms with Crippen LogP contribution in [0.5, 0.6) is 0 Å². The standard InChI is InChI=1S/C15H12F2N4OS/c1-23(22)14-4-8(7-18-20-14)15-19-12-5-10(16)11(17)6-13(12)21(15)9-2-3-9/h4-7,9H,2-3H2,1H3. The second-order valence-corrected chi connectivity index (χ2v) is 6.85. The van der Waals surface area contributed by atoms with Crippen molar-refractivity contribution in [3.63, 3.8) is 0 Å². The molecule has 5 nitrogen and oxygen atoms in total. The number of aromatic nitrogens is 4. The van der Waals surface area contributed by atoms with Crippen LogP contribution in [0.25, 0.3) is 22.4 Å². The van der Waals surface area contributed by atoms with E-state index in [9.17, 15) is 13.0 Å². The average Bonchev–Trinajstić information content (AvgIpc) is 3.30. The molecule has 8 heteroatoms. The van der Waals surface area contributed by atoms with E-state index in [2.05, 4.69) is 15.2 Å². The predicted octanol–water partition coefficient (Wildman–Crippen LogP) is 2.84. The summed E-state index contributed by atoms with van der Waals surface area (Å²) < 4.78 is 40.6. The van der Waals surface area contributed by atoms with Crippen LogP contribution in [0.15, 0.2) is 29.4 Å². The molecule has 0 bridgehead atoms. The summed E-state index contributed by atoms with van der Waals surface area (Å²) in [6, 6.07) is 4.13. The minimum absolute atomic E-state index is 0.212. The van der Waals surface area contributed by atoms with Gasteiger partial charge in [0.2, 0.25) is 0 Å². The molecule has 118 valence electrons. The molecule has 0 spiro atoms. The van der Waals surface area contributed by atoms with Crippen molar-refractivity contribution in [2.45, 2.75) is 23.9 Å². The molecule has 23 heavy (non-hydrogen) atoms. The minimum atomic E-state index is -1.27. The number of hydrogen-bond acceptors (Lipinski definition) is 4. The summed E-state index contributed by atoms with van der Waals surface area (Å²) in [5, 5.41) is 8.04. The van der Waals surface area contributed by atoms with Crippen molar-refractivity contribution in [3.05, 3.63) is 36.0 Å². The monoisotopic (exact) mass is 334 g/mol. The lowest BCUT2D eigenvalue weighted by molar-refractivity contribution is 0.510. The Labute approximate surface area is 132 Å². The summed E-state index contributed by atoms with van der Waals surface area (Å²) in [5.74, 6) is -1.25. The van der Waals surface area contributed by atoms with Gasteiger partial charge in [0, 0.05) is 30.0 Å². The number of halogens is 2. The summed E-state index contributed by atoms with van der Waals surface area (Å²) in [4.78, 5) is 4.44. The lowest BCUT2D eigenvalue weighted by Crippen LogP contribution is -2.01. The number of benzene rings is 1. The predicted molar refractivity (Wildman–Crippen MR) is 81.3 cm³/mol. The largest absolute Gasteiger partial charge is 0.321 e. The molecule has 1 fully saturated rings. The van der Waals surface area contributed by atoms with Crippen molar-refractivity contribution in [2.75, 3.05) is 6.26 Å². The Morgan fingerprint density at radius 2 is 1.96 bits per heavy atom. The highest BCUT2D eigenvalue weighted by molar-refractivity contribution is 7.84. The first-order chi connectivity index (χ1) is 11.0.